The number of likely N-dealkylation sites (tertiary alicyclic amines) is 2. The Balaban J connectivity index is 0.00000240. The lowest BCUT2D eigenvalue weighted by molar-refractivity contribution is 0.0372. The van der Waals surface area contributed by atoms with Crippen molar-refractivity contribution in [3.8, 4) is 0 Å². The third-order valence-corrected chi connectivity index (χ3v) is 6.00. The van der Waals surface area contributed by atoms with Crippen LogP contribution in [0.25, 0.3) is 0 Å². The molecule has 2 fully saturated rings. The molecular weight excluding hydrogens is 475 g/mol. The van der Waals surface area contributed by atoms with Gasteiger partial charge in [-0.1, -0.05) is 30.3 Å². The smallest absolute Gasteiger partial charge is 0.194 e. The number of aliphatic imine (C=N–C) groups is 1. The highest BCUT2D eigenvalue weighted by Gasteiger charge is 2.36. The summed E-state index contributed by atoms with van der Waals surface area (Å²) in [5.74, 6) is 1.76. The number of rotatable bonds is 5. The van der Waals surface area contributed by atoms with E-state index in [0.29, 0.717) is 12.6 Å². The molecule has 2 atom stereocenters. The number of guanidine groups is 1. The molecule has 0 saturated carbocycles. The molecule has 0 radical (unpaired) electrons. The molecule has 2 saturated heterocycles. The Bertz CT molecular complexity index is 748. The highest BCUT2D eigenvalue weighted by Crippen LogP contribution is 2.31. The van der Waals surface area contributed by atoms with Crippen LogP contribution < -0.4 is 5.32 Å². The molecular formula is C22H33IN6. The zero-order valence-corrected chi connectivity index (χ0v) is 19.6. The van der Waals surface area contributed by atoms with Crippen LogP contribution in [0.5, 0.6) is 0 Å². The van der Waals surface area contributed by atoms with Crippen LogP contribution in [0.1, 0.15) is 37.4 Å². The third kappa shape index (κ3) is 5.72. The highest BCUT2D eigenvalue weighted by molar-refractivity contribution is 14.0. The molecule has 2 aromatic rings. The van der Waals surface area contributed by atoms with Gasteiger partial charge in [-0.25, -0.2) is 4.99 Å². The van der Waals surface area contributed by atoms with Crippen molar-refractivity contribution in [1.82, 2.24) is 25.3 Å². The number of aromatic nitrogens is 2. The molecule has 1 aromatic carbocycles. The van der Waals surface area contributed by atoms with E-state index in [0.717, 1.165) is 43.8 Å². The molecule has 1 aromatic heterocycles. The van der Waals surface area contributed by atoms with Gasteiger partial charge in [0, 0.05) is 38.4 Å². The highest BCUT2D eigenvalue weighted by atomic mass is 127. The van der Waals surface area contributed by atoms with Crippen molar-refractivity contribution in [2.75, 3.05) is 26.2 Å². The number of piperidine rings is 2. The fraction of sp³-hybridized carbons (Fsp3) is 0.545. The van der Waals surface area contributed by atoms with Crippen molar-refractivity contribution in [3.05, 3.63) is 53.9 Å². The van der Waals surface area contributed by atoms with Crippen molar-refractivity contribution >= 4 is 29.9 Å². The molecule has 6 nitrogen and oxygen atoms in total. The van der Waals surface area contributed by atoms with Gasteiger partial charge in [-0.3, -0.25) is 10.00 Å². The lowest BCUT2D eigenvalue weighted by Crippen LogP contribution is -2.56. The summed E-state index contributed by atoms with van der Waals surface area (Å²) in [7, 11) is 0. The molecule has 4 rings (SSSR count). The van der Waals surface area contributed by atoms with E-state index in [1.54, 1.807) is 6.20 Å². The fourth-order valence-electron chi connectivity index (χ4n) is 4.67. The molecule has 2 aliphatic rings. The number of aromatic amines is 1. The molecule has 0 aliphatic carbocycles. The van der Waals surface area contributed by atoms with Gasteiger partial charge in [-0.2, -0.15) is 5.10 Å². The van der Waals surface area contributed by atoms with Gasteiger partial charge < -0.3 is 10.2 Å². The zero-order valence-electron chi connectivity index (χ0n) is 17.3. The second-order valence-corrected chi connectivity index (χ2v) is 7.91. The minimum atomic E-state index is 0. The van der Waals surface area contributed by atoms with Crippen LogP contribution in [0.15, 0.2) is 47.6 Å². The number of H-pyrrole nitrogens is 1. The third-order valence-electron chi connectivity index (χ3n) is 6.00. The molecule has 29 heavy (non-hydrogen) atoms. The first-order valence-corrected chi connectivity index (χ1v) is 10.6. The van der Waals surface area contributed by atoms with E-state index >= 15 is 0 Å². The van der Waals surface area contributed by atoms with Gasteiger partial charge in [-0.15, -0.1) is 24.0 Å². The Morgan fingerprint density at radius 3 is 2.83 bits per heavy atom. The molecule has 158 valence electrons. The maximum atomic E-state index is 4.85. The van der Waals surface area contributed by atoms with E-state index in [2.05, 4.69) is 62.6 Å². The summed E-state index contributed by atoms with van der Waals surface area (Å²) in [6, 6.07) is 13.6. The molecule has 2 N–H and O–H groups in total. The number of hydrogen-bond donors (Lipinski definition) is 2. The number of nitrogens with one attached hydrogen (secondary N) is 2. The van der Waals surface area contributed by atoms with Crippen LogP contribution in [-0.4, -0.2) is 58.2 Å². The van der Waals surface area contributed by atoms with Crippen molar-refractivity contribution in [2.24, 2.45) is 10.9 Å². The van der Waals surface area contributed by atoms with Crippen LogP contribution in [0.3, 0.4) is 0 Å². The lowest BCUT2D eigenvalue weighted by Gasteiger charge is -2.48. The maximum Gasteiger partial charge on any atom is 0.194 e. The number of hydrogen-bond acceptors (Lipinski definition) is 3. The predicted octanol–water partition coefficient (Wildman–Crippen LogP) is 3.48. The van der Waals surface area contributed by atoms with Gasteiger partial charge >= 0.3 is 0 Å². The molecule has 3 heterocycles. The summed E-state index contributed by atoms with van der Waals surface area (Å²) >= 11 is 0. The summed E-state index contributed by atoms with van der Waals surface area (Å²) < 4.78 is 0. The molecule has 0 spiro atoms. The molecule has 7 heteroatoms. The summed E-state index contributed by atoms with van der Waals surface area (Å²) in [6.07, 6.45) is 5.62. The number of halogens is 1. The van der Waals surface area contributed by atoms with Crippen LogP contribution in [-0.2, 0) is 13.1 Å². The average molecular weight is 508 g/mol. The Morgan fingerprint density at radius 2 is 2.07 bits per heavy atom. The van der Waals surface area contributed by atoms with Gasteiger partial charge in [0.1, 0.15) is 0 Å². The lowest BCUT2D eigenvalue weighted by atomic mass is 9.83. The van der Waals surface area contributed by atoms with Crippen molar-refractivity contribution in [1.29, 1.82) is 0 Å². The SMILES string of the molecule is CCNC(=NCc1ccn[nH]1)N1CCC2C(CCCN2Cc2ccccc2)C1.I. The summed E-state index contributed by atoms with van der Waals surface area (Å²) in [5.41, 5.74) is 2.48. The van der Waals surface area contributed by atoms with E-state index in [1.165, 1.54) is 31.4 Å². The van der Waals surface area contributed by atoms with Gasteiger partial charge in [0.15, 0.2) is 5.96 Å². The topological polar surface area (TPSA) is 59.6 Å². The van der Waals surface area contributed by atoms with E-state index in [1.807, 2.05) is 6.07 Å². The van der Waals surface area contributed by atoms with Gasteiger partial charge in [0.25, 0.3) is 0 Å². The van der Waals surface area contributed by atoms with Crippen LogP contribution in [0, 0.1) is 5.92 Å². The van der Waals surface area contributed by atoms with Crippen molar-refractivity contribution in [2.45, 2.75) is 45.3 Å². The van der Waals surface area contributed by atoms with Crippen molar-refractivity contribution in [3.63, 3.8) is 0 Å². The average Bonchev–Trinajstić information content (AvgIpc) is 3.25. The van der Waals surface area contributed by atoms with E-state index in [9.17, 15) is 0 Å². The largest absolute Gasteiger partial charge is 0.357 e. The minimum Gasteiger partial charge on any atom is -0.357 e. The Morgan fingerprint density at radius 1 is 1.21 bits per heavy atom. The molecule has 0 bridgehead atoms. The minimum absolute atomic E-state index is 0. The first-order chi connectivity index (χ1) is 13.8. The molecule has 2 aliphatic heterocycles. The Hall–Kier alpha value is -1.61. The predicted molar refractivity (Wildman–Crippen MR) is 128 cm³/mol. The van der Waals surface area contributed by atoms with E-state index in [4.69, 9.17) is 4.99 Å². The monoisotopic (exact) mass is 508 g/mol. The summed E-state index contributed by atoms with van der Waals surface area (Å²) in [4.78, 5) is 10.0. The maximum absolute atomic E-state index is 4.85. The first kappa shape index (κ1) is 22.1. The van der Waals surface area contributed by atoms with Crippen LogP contribution in [0.2, 0.25) is 0 Å². The number of fused-ring (bicyclic) bond motifs is 1. The second kappa shape index (κ2) is 11.0. The van der Waals surface area contributed by atoms with Gasteiger partial charge in [0.05, 0.1) is 12.2 Å². The quantitative estimate of drug-likeness (QED) is 0.369. The standard InChI is InChI=1S/C22H32N6.HI/c1-2-23-22(24-15-20-10-12-25-26-20)28-14-11-21-19(17-28)9-6-13-27(21)16-18-7-4-3-5-8-18;/h3-5,7-8,10,12,19,21H,2,6,9,11,13-17H2,1H3,(H,23,24)(H,25,26);1H. The number of nitrogens with zero attached hydrogens (tertiary/aromatic N) is 4. The summed E-state index contributed by atoms with van der Waals surface area (Å²) in [6.45, 7) is 8.16. The normalized spacial score (nSPS) is 22.7. The fourth-order valence-corrected chi connectivity index (χ4v) is 4.67. The summed E-state index contributed by atoms with van der Waals surface area (Å²) in [5, 5.41) is 10.5. The van der Waals surface area contributed by atoms with Crippen LogP contribution in [0.4, 0.5) is 0 Å². The molecule has 0 amide bonds. The number of benzene rings is 1. The van der Waals surface area contributed by atoms with Gasteiger partial charge in [-0.05, 0) is 50.3 Å². The van der Waals surface area contributed by atoms with E-state index < -0.39 is 0 Å². The first-order valence-electron chi connectivity index (χ1n) is 10.6. The van der Waals surface area contributed by atoms with Crippen molar-refractivity contribution < 1.29 is 0 Å². The second-order valence-electron chi connectivity index (χ2n) is 7.91. The Kier molecular flexibility index (Phi) is 8.35. The van der Waals surface area contributed by atoms with Gasteiger partial charge in [0.2, 0.25) is 0 Å². The van der Waals surface area contributed by atoms with E-state index in [-0.39, 0.29) is 24.0 Å². The van der Waals surface area contributed by atoms with Crippen LogP contribution >= 0.6 is 24.0 Å². The Labute approximate surface area is 191 Å². The molecule has 2 unspecified atom stereocenters. The zero-order chi connectivity index (χ0) is 19.2.